The van der Waals surface area contributed by atoms with E-state index in [1.165, 1.54) is 29.2 Å². The maximum Gasteiger partial charge on any atom is 0.328 e. The molecule has 0 bridgehead atoms. The lowest BCUT2D eigenvalue weighted by atomic mass is 10.1. The lowest BCUT2D eigenvalue weighted by Crippen LogP contribution is -2.49. The Morgan fingerprint density at radius 1 is 1.10 bits per heavy atom. The number of imide groups is 1. The molecule has 0 radical (unpaired) electrons. The zero-order valence-electron chi connectivity index (χ0n) is 15.9. The Hall–Kier alpha value is -3.01. The number of halogens is 2. The average molecular weight is 438 g/mol. The third-order valence-corrected chi connectivity index (χ3v) is 6.19. The van der Waals surface area contributed by atoms with Crippen LogP contribution in [0.15, 0.2) is 53.4 Å². The second-order valence-corrected chi connectivity index (χ2v) is 8.78. The number of carbonyl (C=O) groups excluding carboxylic acids is 2. The molecule has 0 aliphatic carbocycles. The minimum absolute atomic E-state index is 0.0145. The van der Waals surface area contributed by atoms with E-state index in [1.54, 1.807) is 24.3 Å². The molecule has 7 nitrogen and oxygen atoms in total. The number of aryl methyl sites for hydroxylation is 1. The highest BCUT2D eigenvalue weighted by Crippen LogP contribution is 2.22. The van der Waals surface area contributed by atoms with E-state index in [-0.39, 0.29) is 41.7 Å². The SMILES string of the molecule is O=C1CCN(c2cccc(CCS(=O)(=O)c3cccc(OCC(F)F)c3)c2)C(=O)N1. The van der Waals surface area contributed by atoms with Crippen molar-refractivity contribution in [2.45, 2.75) is 24.2 Å². The van der Waals surface area contributed by atoms with E-state index in [1.807, 2.05) is 0 Å². The summed E-state index contributed by atoms with van der Waals surface area (Å²) in [5, 5.41) is 2.24. The van der Waals surface area contributed by atoms with Crippen LogP contribution in [0.4, 0.5) is 19.3 Å². The topological polar surface area (TPSA) is 92.8 Å². The lowest BCUT2D eigenvalue weighted by molar-refractivity contribution is -0.120. The molecule has 0 unspecified atom stereocenters. The van der Waals surface area contributed by atoms with Crippen molar-refractivity contribution in [2.75, 3.05) is 23.8 Å². The molecule has 2 aromatic carbocycles. The molecule has 0 spiro atoms. The second kappa shape index (κ2) is 9.21. The van der Waals surface area contributed by atoms with Gasteiger partial charge in [-0.1, -0.05) is 18.2 Å². The molecular weight excluding hydrogens is 418 g/mol. The predicted molar refractivity (Wildman–Crippen MR) is 106 cm³/mol. The molecule has 1 heterocycles. The highest BCUT2D eigenvalue weighted by Gasteiger charge is 2.24. The zero-order chi connectivity index (χ0) is 21.7. The molecule has 1 aliphatic rings. The van der Waals surface area contributed by atoms with E-state index in [2.05, 4.69) is 5.32 Å². The normalized spacial score (nSPS) is 14.7. The number of sulfone groups is 1. The fourth-order valence-corrected chi connectivity index (χ4v) is 4.30. The molecule has 160 valence electrons. The summed E-state index contributed by atoms with van der Waals surface area (Å²) in [7, 11) is -3.68. The van der Waals surface area contributed by atoms with Crippen LogP contribution in [0.25, 0.3) is 0 Å². The van der Waals surface area contributed by atoms with Gasteiger partial charge in [0.05, 0.1) is 10.6 Å². The first kappa shape index (κ1) is 21.7. The van der Waals surface area contributed by atoms with Gasteiger partial charge in [0.15, 0.2) is 9.84 Å². The number of anilines is 1. The third kappa shape index (κ3) is 5.53. The van der Waals surface area contributed by atoms with E-state index >= 15 is 0 Å². The summed E-state index contributed by atoms with van der Waals surface area (Å²) in [6, 6.07) is 11.8. The van der Waals surface area contributed by atoms with Gasteiger partial charge in [0.2, 0.25) is 5.91 Å². The van der Waals surface area contributed by atoms with E-state index in [4.69, 9.17) is 4.74 Å². The van der Waals surface area contributed by atoms with Crippen LogP contribution < -0.4 is 15.0 Å². The Labute approximate surface area is 172 Å². The lowest BCUT2D eigenvalue weighted by Gasteiger charge is -2.26. The summed E-state index contributed by atoms with van der Waals surface area (Å²) in [4.78, 5) is 24.7. The summed E-state index contributed by atoms with van der Waals surface area (Å²) < 4.78 is 54.8. The first-order chi connectivity index (χ1) is 14.2. The monoisotopic (exact) mass is 438 g/mol. The molecule has 0 atom stereocenters. The number of hydrogen-bond acceptors (Lipinski definition) is 5. The number of rotatable bonds is 8. The highest BCUT2D eigenvalue weighted by atomic mass is 32.2. The number of urea groups is 1. The van der Waals surface area contributed by atoms with Gasteiger partial charge in [-0.05, 0) is 42.3 Å². The number of carbonyl (C=O) groups is 2. The minimum atomic E-state index is -3.68. The Balaban J connectivity index is 1.68. The number of alkyl halides is 2. The summed E-state index contributed by atoms with van der Waals surface area (Å²) in [6.07, 6.45) is -2.28. The van der Waals surface area contributed by atoms with Crippen molar-refractivity contribution < 1.29 is 31.5 Å². The molecule has 0 saturated carbocycles. The van der Waals surface area contributed by atoms with Crippen molar-refractivity contribution in [3.63, 3.8) is 0 Å². The average Bonchev–Trinajstić information content (AvgIpc) is 2.71. The van der Waals surface area contributed by atoms with Gasteiger partial charge in [-0.15, -0.1) is 0 Å². The number of ether oxygens (including phenoxy) is 1. The summed E-state index contributed by atoms with van der Waals surface area (Å²) in [5.41, 5.74) is 1.27. The van der Waals surface area contributed by atoms with Gasteiger partial charge in [-0.3, -0.25) is 15.0 Å². The molecule has 3 rings (SSSR count). The van der Waals surface area contributed by atoms with E-state index in [0.717, 1.165) is 0 Å². The van der Waals surface area contributed by atoms with Gasteiger partial charge in [-0.25, -0.2) is 22.0 Å². The maximum absolute atomic E-state index is 12.7. The smallest absolute Gasteiger partial charge is 0.328 e. The first-order valence-electron chi connectivity index (χ1n) is 9.19. The Morgan fingerprint density at radius 3 is 2.60 bits per heavy atom. The van der Waals surface area contributed by atoms with Gasteiger partial charge in [0.1, 0.15) is 12.4 Å². The number of nitrogens with zero attached hydrogens (tertiary/aromatic N) is 1. The van der Waals surface area contributed by atoms with Crippen molar-refractivity contribution in [3.8, 4) is 5.75 Å². The van der Waals surface area contributed by atoms with Crippen LogP contribution >= 0.6 is 0 Å². The van der Waals surface area contributed by atoms with E-state index in [9.17, 15) is 26.8 Å². The van der Waals surface area contributed by atoms with Gasteiger partial charge in [-0.2, -0.15) is 0 Å². The van der Waals surface area contributed by atoms with Crippen molar-refractivity contribution in [3.05, 3.63) is 54.1 Å². The van der Waals surface area contributed by atoms with Crippen LogP contribution in [0.5, 0.6) is 5.75 Å². The number of amides is 3. The number of nitrogens with one attached hydrogen (secondary N) is 1. The Kier molecular flexibility index (Phi) is 6.66. The minimum Gasteiger partial charge on any atom is -0.488 e. The van der Waals surface area contributed by atoms with Crippen LogP contribution in [-0.2, 0) is 21.1 Å². The summed E-state index contributed by atoms with van der Waals surface area (Å²) in [5.74, 6) is -0.485. The highest BCUT2D eigenvalue weighted by molar-refractivity contribution is 7.91. The second-order valence-electron chi connectivity index (χ2n) is 6.67. The maximum atomic E-state index is 12.7. The zero-order valence-corrected chi connectivity index (χ0v) is 16.7. The summed E-state index contributed by atoms with van der Waals surface area (Å²) >= 11 is 0. The molecule has 1 aliphatic heterocycles. The molecule has 1 fully saturated rings. The van der Waals surface area contributed by atoms with Crippen molar-refractivity contribution in [2.24, 2.45) is 0 Å². The van der Waals surface area contributed by atoms with Crippen LogP contribution in [0, 0.1) is 0 Å². The molecular formula is C20H20F2N2O5S. The number of benzene rings is 2. The fraction of sp³-hybridized carbons (Fsp3) is 0.300. The Morgan fingerprint density at radius 2 is 1.87 bits per heavy atom. The van der Waals surface area contributed by atoms with Crippen LogP contribution in [-0.4, -0.2) is 45.7 Å². The molecule has 1 saturated heterocycles. The fourth-order valence-electron chi connectivity index (χ4n) is 2.98. The molecule has 1 N–H and O–H groups in total. The molecule has 3 amide bonds. The van der Waals surface area contributed by atoms with Crippen LogP contribution in [0.2, 0.25) is 0 Å². The summed E-state index contributed by atoms with van der Waals surface area (Å²) in [6.45, 7) is -0.566. The van der Waals surface area contributed by atoms with Gasteiger partial charge < -0.3 is 4.74 Å². The standard InChI is InChI=1S/C20H20F2N2O5S/c21-18(22)13-29-16-5-2-6-17(12-16)30(27,28)10-8-14-3-1-4-15(11-14)24-9-7-19(25)23-20(24)26/h1-6,11-12,18H,7-10,13H2,(H,23,25,26). The van der Waals surface area contributed by atoms with E-state index in [0.29, 0.717) is 11.3 Å². The third-order valence-electron chi connectivity index (χ3n) is 4.48. The molecule has 2 aromatic rings. The van der Waals surface area contributed by atoms with Crippen molar-refractivity contribution in [1.29, 1.82) is 0 Å². The van der Waals surface area contributed by atoms with Gasteiger partial charge >= 0.3 is 6.03 Å². The first-order valence-corrected chi connectivity index (χ1v) is 10.8. The predicted octanol–water partition coefficient (Wildman–Crippen LogP) is 2.79. The molecule has 0 aromatic heterocycles. The van der Waals surface area contributed by atoms with Crippen molar-refractivity contribution >= 4 is 27.5 Å². The van der Waals surface area contributed by atoms with Crippen LogP contribution in [0.3, 0.4) is 0 Å². The largest absolute Gasteiger partial charge is 0.488 e. The quantitative estimate of drug-likeness (QED) is 0.684. The number of hydrogen-bond donors (Lipinski definition) is 1. The molecule has 30 heavy (non-hydrogen) atoms. The molecule has 10 heteroatoms. The van der Waals surface area contributed by atoms with Gasteiger partial charge in [0.25, 0.3) is 6.43 Å². The Bertz CT molecular complexity index is 1040. The van der Waals surface area contributed by atoms with Crippen molar-refractivity contribution in [1.82, 2.24) is 5.32 Å². The van der Waals surface area contributed by atoms with Crippen LogP contribution in [0.1, 0.15) is 12.0 Å². The van der Waals surface area contributed by atoms with E-state index < -0.39 is 28.9 Å². The van der Waals surface area contributed by atoms with Gasteiger partial charge in [0, 0.05) is 18.7 Å².